The van der Waals surface area contributed by atoms with Gasteiger partial charge in [0.1, 0.15) is 6.61 Å². The molecule has 1 atom stereocenters. The Balaban J connectivity index is 1.57. The number of nitrogens with zero attached hydrogens (tertiary/aromatic N) is 2. The third-order valence-electron chi connectivity index (χ3n) is 4.19. The monoisotopic (exact) mass is 380 g/mol. The van der Waals surface area contributed by atoms with Crippen molar-refractivity contribution in [2.24, 2.45) is 0 Å². The highest BCUT2D eigenvalue weighted by atomic mass is 16.6. The van der Waals surface area contributed by atoms with Crippen LogP contribution in [0.5, 0.6) is 0 Å². The van der Waals surface area contributed by atoms with Crippen molar-refractivity contribution in [2.75, 3.05) is 13.2 Å². The van der Waals surface area contributed by atoms with Crippen molar-refractivity contribution in [3.05, 3.63) is 100 Å². The van der Waals surface area contributed by atoms with Crippen LogP contribution < -0.4 is 0 Å². The largest absolute Gasteiger partial charge is 0.460 e. The van der Waals surface area contributed by atoms with Crippen molar-refractivity contribution >= 4 is 11.7 Å². The molecule has 1 unspecified atom stereocenters. The average Bonchev–Trinajstić information content (AvgIpc) is 3.26. The third kappa shape index (κ3) is 5.28. The van der Waals surface area contributed by atoms with E-state index in [0.717, 1.165) is 5.56 Å². The zero-order valence-corrected chi connectivity index (χ0v) is 15.1. The molecule has 0 saturated heterocycles. The van der Waals surface area contributed by atoms with Crippen molar-refractivity contribution in [3.8, 4) is 0 Å². The van der Waals surface area contributed by atoms with Gasteiger partial charge in [-0.05, 0) is 29.8 Å². The molecule has 1 heterocycles. The zero-order valence-electron chi connectivity index (χ0n) is 15.1. The van der Waals surface area contributed by atoms with Crippen LogP contribution in [0.3, 0.4) is 0 Å². The van der Waals surface area contributed by atoms with E-state index >= 15 is 0 Å². The van der Waals surface area contributed by atoms with Gasteiger partial charge in [-0.1, -0.05) is 30.3 Å². The zero-order chi connectivity index (χ0) is 19.8. The summed E-state index contributed by atoms with van der Waals surface area (Å²) in [7, 11) is 0. The highest BCUT2D eigenvalue weighted by Gasteiger charge is 2.16. The van der Waals surface area contributed by atoms with Crippen LogP contribution in [0.2, 0.25) is 0 Å². The second kappa shape index (κ2) is 9.48. The fourth-order valence-corrected chi connectivity index (χ4v) is 2.67. The van der Waals surface area contributed by atoms with Gasteiger partial charge in [-0.3, -0.25) is 10.1 Å². The minimum Gasteiger partial charge on any atom is -0.460 e. The lowest BCUT2D eigenvalue weighted by Crippen LogP contribution is -2.22. The predicted molar refractivity (Wildman–Crippen MR) is 103 cm³/mol. The molecule has 0 spiro atoms. The van der Waals surface area contributed by atoms with Gasteiger partial charge in [0.2, 0.25) is 0 Å². The van der Waals surface area contributed by atoms with E-state index in [4.69, 9.17) is 9.47 Å². The molecule has 0 fully saturated rings. The topological polar surface area (TPSA) is 83.6 Å². The predicted octanol–water partition coefficient (Wildman–Crippen LogP) is 4.01. The Kier molecular flexibility index (Phi) is 6.54. The van der Waals surface area contributed by atoms with Crippen LogP contribution in [0.15, 0.2) is 79.1 Å². The molecule has 0 radical (unpaired) electrons. The Labute approximate surface area is 162 Å². The lowest BCUT2D eigenvalue weighted by atomic mass is 10.2. The van der Waals surface area contributed by atoms with E-state index in [9.17, 15) is 14.9 Å². The van der Waals surface area contributed by atoms with E-state index in [1.165, 1.54) is 24.3 Å². The number of esters is 1. The number of hydrogen-bond acceptors (Lipinski definition) is 5. The smallest absolute Gasteiger partial charge is 0.338 e. The minimum absolute atomic E-state index is 0.0731. The molecule has 7 heteroatoms. The van der Waals surface area contributed by atoms with Crippen LogP contribution in [-0.4, -0.2) is 28.7 Å². The Morgan fingerprint density at radius 2 is 1.64 bits per heavy atom. The molecule has 28 heavy (non-hydrogen) atoms. The summed E-state index contributed by atoms with van der Waals surface area (Å²) in [6.45, 7) is 0.964. The van der Waals surface area contributed by atoms with Gasteiger partial charge < -0.3 is 14.0 Å². The summed E-state index contributed by atoms with van der Waals surface area (Å²) >= 11 is 0. The summed E-state index contributed by atoms with van der Waals surface area (Å²) in [5.74, 6) is -0.532. The first-order valence-electron chi connectivity index (χ1n) is 8.79. The number of hydrogen-bond donors (Lipinski definition) is 0. The quantitative estimate of drug-likeness (QED) is 0.318. The number of nitro benzene ring substituents is 1. The van der Waals surface area contributed by atoms with E-state index in [0.29, 0.717) is 13.2 Å². The molecule has 144 valence electrons. The van der Waals surface area contributed by atoms with E-state index < -0.39 is 10.9 Å². The van der Waals surface area contributed by atoms with E-state index in [1.54, 1.807) is 0 Å². The molecular weight excluding hydrogens is 360 g/mol. The first-order valence-corrected chi connectivity index (χ1v) is 8.79. The number of aromatic nitrogens is 1. The molecule has 0 bridgehead atoms. The summed E-state index contributed by atoms with van der Waals surface area (Å²) < 4.78 is 13.1. The van der Waals surface area contributed by atoms with Crippen molar-refractivity contribution in [3.63, 3.8) is 0 Å². The normalized spacial score (nSPS) is 11.7. The average molecular weight is 380 g/mol. The maximum atomic E-state index is 12.3. The fraction of sp³-hybridized carbons (Fsp3) is 0.190. The van der Waals surface area contributed by atoms with Crippen LogP contribution in [0.25, 0.3) is 0 Å². The summed E-state index contributed by atoms with van der Waals surface area (Å²) in [6, 6.07) is 18.8. The Bertz CT molecular complexity index is 892. The number of carbonyl (C=O) groups is 1. The summed E-state index contributed by atoms with van der Waals surface area (Å²) in [6.07, 6.45) is 3.77. The maximum Gasteiger partial charge on any atom is 0.338 e. The van der Waals surface area contributed by atoms with Gasteiger partial charge in [-0.25, -0.2) is 4.79 Å². The molecule has 0 amide bonds. The molecule has 0 aliphatic rings. The first kappa shape index (κ1) is 19.3. The van der Waals surface area contributed by atoms with E-state index in [-0.39, 0.29) is 23.9 Å². The number of nitro groups is 1. The summed E-state index contributed by atoms with van der Waals surface area (Å²) in [5, 5.41) is 10.7. The second-order valence-corrected chi connectivity index (χ2v) is 6.19. The van der Waals surface area contributed by atoms with Crippen molar-refractivity contribution in [1.29, 1.82) is 0 Å². The molecule has 0 aliphatic carbocycles. The molecule has 0 N–H and O–H groups in total. The SMILES string of the molecule is O=C(OCC(COCc1ccccc1)n1cccc1)c1ccc([N+](=O)[O-])cc1. The number of ether oxygens (including phenoxy) is 2. The molecule has 3 rings (SSSR count). The Hall–Kier alpha value is -3.45. The van der Waals surface area contributed by atoms with Gasteiger partial charge in [0, 0.05) is 24.5 Å². The molecule has 7 nitrogen and oxygen atoms in total. The van der Waals surface area contributed by atoms with Crippen LogP contribution in [-0.2, 0) is 16.1 Å². The lowest BCUT2D eigenvalue weighted by molar-refractivity contribution is -0.384. The van der Waals surface area contributed by atoms with Crippen LogP contribution >= 0.6 is 0 Å². The van der Waals surface area contributed by atoms with Crippen molar-refractivity contribution in [2.45, 2.75) is 12.6 Å². The number of carbonyl (C=O) groups excluding carboxylic acids is 1. The first-order chi connectivity index (χ1) is 13.6. The maximum absolute atomic E-state index is 12.3. The third-order valence-corrected chi connectivity index (χ3v) is 4.19. The second-order valence-electron chi connectivity index (χ2n) is 6.19. The van der Waals surface area contributed by atoms with Crippen LogP contribution in [0, 0.1) is 10.1 Å². The summed E-state index contributed by atoms with van der Waals surface area (Å²) in [5.41, 5.74) is 1.26. The van der Waals surface area contributed by atoms with Gasteiger partial charge in [-0.2, -0.15) is 0 Å². The molecule has 2 aromatic carbocycles. The molecular formula is C21H20N2O5. The summed E-state index contributed by atoms with van der Waals surface area (Å²) in [4.78, 5) is 22.4. The highest BCUT2D eigenvalue weighted by molar-refractivity contribution is 5.89. The number of rotatable bonds is 9. The van der Waals surface area contributed by atoms with Crippen LogP contribution in [0.1, 0.15) is 22.0 Å². The van der Waals surface area contributed by atoms with Crippen LogP contribution in [0.4, 0.5) is 5.69 Å². The van der Waals surface area contributed by atoms with Gasteiger partial charge in [0.15, 0.2) is 0 Å². The van der Waals surface area contributed by atoms with Gasteiger partial charge in [0.05, 0.1) is 29.7 Å². The fourth-order valence-electron chi connectivity index (χ4n) is 2.67. The number of benzene rings is 2. The molecule has 3 aromatic rings. The Morgan fingerprint density at radius 1 is 0.964 bits per heavy atom. The van der Waals surface area contributed by atoms with Gasteiger partial charge >= 0.3 is 5.97 Å². The standard InChI is InChI=1S/C21H20N2O5/c24-21(18-8-10-19(11-9-18)23(25)26)28-16-20(22-12-4-5-13-22)15-27-14-17-6-2-1-3-7-17/h1-13,20H,14-16H2. The number of non-ortho nitro benzene ring substituents is 1. The van der Waals surface area contributed by atoms with Crippen molar-refractivity contribution in [1.82, 2.24) is 4.57 Å². The minimum atomic E-state index is -0.532. The van der Waals surface area contributed by atoms with E-state index in [2.05, 4.69) is 0 Å². The van der Waals surface area contributed by atoms with Gasteiger partial charge in [-0.15, -0.1) is 0 Å². The molecule has 0 aliphatic heterocycles. The van der Waals surface area contributed by atoms with Crippen molar-refractivity contribution < 1.29 is 19.2 Å². The Morgan fingerprint density at radius 3 is 2.29 bits per heavy atom. The molecule has 1 aromatic heterocycles. The van der Waals surface area contributed by atoms with E-state index in [1.807, 2.05) is 59.4 Å². The molecule has 0 saturated carbocycles. The van der Waals surface area contributed by atoms with Gasteiger partial charge in [0.25, 0.3) is 5.69 Å². The highest BCUT2D eigenvalue weighted by Crippen LogP contribution is 2.15. The lowest BCUT2D eigenvalue weighted by Gasteiger charge is -2.19.